The predicted molar refractivity (Wildman–Crippen MR) is 66.7 cm³/mol. The van der Waals surface area contributed by atoms with Crippen LogP contribution in [-0.4, -0.2) is 68.7 Å². The fourth-order valence-corrected chi connectivity index (χ4v) is 2.19. The first kappa shape index (κ1) is 14.4. The first-order valence-electron chi connectivity index (χ1n) is 6.26. The first-order valence-corrected chi connectivity index (χ1v) is 6.26. The topological polar surface area (TPSA) is 35.6 Å². The zero-order valence-corrected chi connectivity index (χ0v) is 11.1. The molecule has 0 spiro atoms. The second-order valence-corrected chi connectivity index (χ2v) is 5.01. The Bertz CT molecular complexity index is 248. The highest BCUT2D eigenvalue weighted by atomic mass is 19.1. The summed E-state index contributed by atoms with van der Waals surface area (Å²) >= 11 is 0. The number of carbonyl (C=O) groups is 1. The molecule has 0 saturated carbocycles. The van der Waals surface area contributed by atoms with Crippen molar-refractivity contribution in [3.05, 3.63) is 0 Å². The van der Waals surface area contributed by atoms with Gasteiger partial charge in [0, 0.05) is 26.7 Å². The van der Waals surface area contributed by atoms with Gasteiger partial charge in [-0.2, -0.15) is 0 Å². The molecule has 2 unspecified atom stereocenters. The van der Waals surface area contributed by atoms with E-state index in [1.54, 1.807) is 19.0 Å². The summed E-state index contributed by atoms with van der Waals surface area (Å²) in [6, 6.07) is 0.368. The van der Waals surface area contributed by atoms with E-state index in [1.165, 1.54) is 0 Å². The van der Waals surface area contributed by atoms with Crippen LogP contribution in [0.5, 0.6) is 0 Å². The van der Waals surface area contributed by atoms with E-state index >= 15 is 0 Å². The molecular formula is C12H24FN3O. The average molecular weight is 245 g/mol. The molecule has 0 radical (unpaired) electrons. The quantitative estimate of drug-likeness (QED) is 0.739. The van der Waals surface area contributed by atoms with Gasteiger partial charge in [-0.15, -0.1) is 0 Å². The van der Waals surface area contributed by atoms with Crippen molar-refractivity contribution in [3.63, 3.8) is 0 Å². The van der Waals surface area contributed by atoms with Gasteiger partial charge in [0.15, 0.2) is 0 Å². The van der Waals surface area contributed by atoms with Gasteiger partial charge in [-0.1, -0.05) is 0 Å². The lowest BCUT2D eigenvalue weighted by Gasteiger charge is -2.20. The van der Waals surface area contributed by atoms with Crippen molar-refractivity contribution in [1.29, 1.82) is 0 Å². The zero-order valence-electron chi connectivity index (χ0n) is 11.1. The molecule has 2 atom stereocenters. The number of carbonyl (C=O) groups excluding carboxylic acids is 1. The molecule has 1 N–H and O–H groups in total. The third kappa shape index (κ3) is 4.60. The van der Waals surface area contributed by atoms with E-state index in [0.717, 1.165) is 25.8 Å². The highest BCUT2D eigenvalue weighted by Crippen LogP contribution is 2.16. The minimum Gasteiger partial charge on any atom is -0.347 e. The lowest BCUT2D eigenvalue weighted by molar-refractivity contribution is -0.130. The number of amides is 1. The standard InChI is InChI=1S/C12H24FN3O/c1-15(2)12(17)11-5-4-10(14-11)6-8-16(3)9-7-13/h10-11,14H,4-9H2,1-3H3. The van der Waals surface area contributed by atoms with Gasteiger partial charge in [0.25, 0.3) is 0 Å². The van der Waals surface area contributed by atoms with E-state index in [-0.39, 0.29) is 18.6 Å². The van der Waals surface area contributed by atoms with Gasteiger partial charge in [-0.25, -0.2) is 4.39 Å². The van der Waals surface area contributed by atoms with Crippen LogP contribution < -0.4 is 5.32 Å². The summed E-state index contributed by atoms with van der Waals surface area (Å²) in [5, 5.41) is 3.36. The van der Waals surface area contributed by atoms with Crippen LogP contribution in [0, 0.1) is 0 Å². The molecule has 1 rings (SSSR count). The predicted octanol–water partition coefficient (Wildman–Crippen LogP) is 0.487. The Balaban J connectivity index is 2.24. The monoisotopic (exact) mass is 245 g/mol. The first-order chi connectivity index (χ1) is 8.04. The molecule has 1 fully saturated rings. The number of alkyl halides is 1. The van der Waals surface area contributed by atoms with E-state index in [9.17, 15) is 9.18 Å². The van der Waals surface area contributed by atoms with Crippen LogP contribution in [0.4, 0.5) is 4.39 Å². The molecular weight excluding hydrogens is 221 g/mol. The minimum atomic E-state index is -0.295. The van der Waals surface area contributed by atoms with Crippen LogP contribution in [-0.2, 0) is 4.79 Å². The maximum Gasteiger partial charge on any atom is 0.239 e. The molecule has 0 aromatic carbocycles. The minimum absolute atomic E-state index is 0.0264. The third-order valence-electron chi connectivity index (χ3n) is 3.31. The van der Waals surface area contributed by atoms with E-state index in [1.807, 2.05) is 11.9 Å². The van der Waals surface area contributed by atoms with Crippen LogP contribution in [0.2, 0.25) is 0 Å². The molecule has 1 amide bonds. The Morgan fingerprint density at radius 1 is 1.29 bits per heavy atom. The van der Waals surface area contributed by atoms with E-state index < -0.39 is 0 Å². The number of nitrogens with one attached hydrogen (secondary N) is 1. The maximum atomic E-state index is 12.1. The van der Waals surface area contributed by atoms with Crippen LogP contribution in [0.3, 0.4) is 0 Å². The molecule has 0 aromatic heterocycles. The second-order valence-electron chi connectivity index (χ2n) is 5.01. The number of hydrogen-bond donors (Lipinski definition) is 1. The smallest absolute Gasteiger partial charge is 0.239 e. The molecule has 0 bridgehead atoms. The molecule has 1 aliphatic rings. The van der Waals surface area contributed by atoms with Crippen LogP contribution in [0.25, 0.3) is 0 Å². The van der Waals surface area contributed by atoms with Crippen molar-refractivity contribution in [3.8, 4) is 0 Å². The fourth-order valence-electron chi connectivity index (χ4n) is 2.19. The summed E-state index contributed by atoms with van der Waals surface area (Å²) < 4.78 is 12.1. The summed E-state index contributed by atoms with van der Waals surface area (Å²) in [6.07, 6.45) is 2.93. The lowest BCUT2D eigenvalue weighted by Crippen LogP contribution is -2.42. The van der Waals surface area contributed by atoms with Gasteiger partial charge in [0.1, 0.15) is 6.67 Å². The summed E-state index contributed by atoms with van der Waals surface area (Å²) in [7, 11) is 5.50. The Morgan fingerprint density at radius 2 is 2.00 bits per heavy atom. The Morgan fingerprint density at radius 3 is 2.59 bits per heavy atom. The van der Waals surface area contributed by atoms with Crippen molar-refractivity contribution < 1.29 is 9.18 Å². The molecule has 100 valence electrons. The number of hydrogen-bond acceptors (Lipinski definition) is 3. The number of nitrogens with zero attached hydrogens (tertiary/aromatic N) is 2. The van der Waals surface area contributed by atoms with Gasteiger partial charge >= 0.3 is 0 Å². The number of likely N-dealkylation sites (N-methyl/N-ethyl adjacent to an activating group) is 1. The molecule has 0 aromatic rings. The fraction of sp³-hybridized carbons (Fsp3) is 0.917. The second kappa shape index (κ2) is 6.91. The number of rotatable bonds is 6. The molecule has 17 heavy (non-hydrogen) atoms. The molecule has 5 heteroatoms. The average Bonchev–Trinajstić information content (AvgIpc) is 2.74. The van der Waals surface area contributed by atoms with E-state index in [4.69, 9.17) is 0 Å². The summed E-state index contributed by atoms with van der Waals surface area (Å²) in [5.74, 6) is 0.157. The third-order valence-corrected chi connectivity index (χ3v) is 3.31. The number of halogens is 1. The summed E-state index contributed by atoms with van der Waals surface area (Å²) in [5.41, 5.74) is 0. The van der Waals surface area contributed by atoms with Crippen LogP contribution >= 0.6 is 0 Å². The van der Waals surface area contributed by atoms with Crippen molar-refractivity contribution >= 4 is 5.91 Å². The van der Waals surface area contributed by atoms with Crippen molar-refractivity contribution in [2.45, 2.75) is 31.3 Å². The van der Waals surface area contributed by atoms with Crippen LogP contribution in [0.1, 0.15) is 19.3 Å². The highest BCUT2D eigenvalue weighted by Gasteiger charge is 2.29. The van der Waals surface area contributed by atoms with Crippen LogP contribution in [0.15, 0.2) is 0 Å². The van der Waals surface area contributed by atoms with Crippen molar-refractivity contribution in [2.75, 3.05) is 40.9 Å². The van der Waals surface area contributed by atoms with Gasteiger partial charge < -0.3 is 15.1 Å². The van der Waals surface area contributed by atoms with Gasteiger partial charge in [0.2, 0.25) is 5.91 Å². The Hall–Kier alpha value is -0.680. The SMILES string of the molecule is CN(CCF)CCC1CCC(C(=O)N(C)C)N1. The largest absolute Gasteiger partial charge is 0.347 e. The molecule has 4 nitrogen and oxygen atoms in total. The molecule has 1 saturated heterocycles. The van der Waals surface area contributed by atoms with Gasteiger partial charge in [-0.3, -0.25) is 4.79 Å². The Labute approximate surface area is 103 Å². The van der Waals surface area contributed by atoms with Crippen molar-refractivity contribution in [2.24, 2.45) is 0 Å². The summed E-state index contributed by atoms with van der Waals surface area (Å²) in [6.45, 7) is 1.08. The lowest BCUT2D eigenvalue weighted by atomic mass is 10.1. The Kier molecular flexibility index (Phi) is 5.85. The maximum absolute atomic E-state index is 12.1. The van der Waals surface area contributed by atoms with Crippen molar-refractivity contribution in [1.82, 2.24) is 15.1 Å². The normalized spacial score (nSPS) is 24.3. The van der Waals surface area contributed by atoms with Gasteiger partial charge in [0.05, 0.1) is 6.04 Å². The molecule has 1 aliphatic heterocycles. The van der Waals surface area contributed by atoms with Gasteiger partial charge in [-0.05, 0) is 32.9 Å². The van der Waals surface area contributed by atoms with E-state index in [0.29, 0.717) is 12.6 Å². The zero-order chi connectivity index (χ0) is 12.8. The highest BCUT2D eigenvalue weighted by molar-refractivity contribution is 5.81. The molecule has 0 aliphatic carbocycles. The van der Waals surface area contributed by atoms with E-state index in [2.05, 4.69) is 5.32 Å². The molecule has 1 heterocycles. The summed E-state index contributed by atoms with van der Waals surface area (Å²) in [4.78, 5) is 15.4.